The Morgan fingerprint density at radius 2 is 1.71 bits per heavy atom. The molecule has 0 saturated carbocycles. The second-order valence-electron chi connectivity index (χ2n) is 5.16. The third kappa shape index (κ3) is 3.21. The monoisotopic (exact) mass is 341 g/mol. The van der Waals surface area contributed by atoms with Crippen molar-refractivity contribution in [2.45, 2.75) is 0 Å². The van der Waals surface area contributed by atoms with Crippen molar-refractivity contribution in [3.05, 3.63) is 59.4 Å². The average molecular weight is 341 g/mol. The van der Waals surface area contributed by atoms with Gasteiger partial charge in [0.2, 0.25) is 4.80 Å². The third-order valence-corrected chi connectivity index (χ3v) is 4.23. The Morgan fingerprint density at radius 1 is 1.04 bits per heavy atom. The van der Waals surface area contributed by atoms with Crippen LogP contribution in [0.4, 0.5) is 9.59 Å². The average Bonchev–Trinajstić information content (AvgIpc) is 2.93. The van der Waals surface area contributed by atoms with Gasteiger partial charge in [0.1, 0.15) is 5.75 Å². The molecule has 2 aromatic carbocycles. The van der Waals surface area contributed by atoms with Crippen LogP contribution >= 0.6 is 11.3 Å². The molecule has 0 fully saturated rings. The van der Waals surface area contributed by atoms with Gasteiger partial charge in [0, 0.05) is 14.1 Å². The van der Waals surface area contributed by atoms with Crippen molar-refractivity contribution in [3.8, 4) is 5.75 Å². The van der Waals surface area contributed by atoms with Gasteiger partial charge in [0.25, 0.3) is 0 Å². The standard InChI is InChI=1S/C17H15N3O3S/c1-19(2)15(21)18-16-20(13-10-6-7-11-14(13)24-16)17(22)23-12-8-4-3-5-9-12/h3-11H,1-2H3. The van der Waals surface area contributed by atoms with E-state index in [9.17, 15) is 9.59 Å². The molecule has 0 aliphatic carbocycles. The zero-order valence-corrected chi connectivity index (χ0v) is 14.0. The highest BCUT2D eigenvalue weighted by molar-refractivity contribution is 7.16. The Morgan fingerprint density at radius 3 is 2.42 bits per heavy atom. The molecule has 0 saturated heterocycles. The maximum atomic E-state index is 12.6. The van der Waals surface area contributed by atoms with E-state index in [4.69, 9.17) is 4.74 Å². The van der Waals surface area contributed by atoms with Crippen LogP contribution in [-0.4, -0.2) is 35.7 Å². The van der Waals surface area contributed by atoms with Gasteiger partial charge in [0.05, 0.1) is 10.2 Å². The minimum atomic E-state index is -0.607. The van der Waals surface area contributed by atoms with Crippen LogP contribution in [0.1, 0.15) is 0 Å². The summed E-state index contributed by atoms with van der Waals surface area (Å²) in [4.78, 5) is 30.2. The van der Waals surface area contributed by atoms with Crippen molar-refractivity contribution >= 4 is 33.7 Å². The summed E-state index contributed by atoms with van der Waals surface area (Å²) < 4.78 is 7.55. The molecule has 7 heteroatoms. The van der Waals surface area contributed by atoms with E-state index in [-0.39, 0.29) is 4.80 Å². The van der Waals surface area contributed by atoms with Crippen molar-refractivity contribution in [2.75, 3.05) is 14.1 Å². The van der Waals surface area contributed by atoms with Gasteiger partial charge in [-0.25, -0.2) is 14.2 Å². The van der Waals surface area contributed by atoms with Crippen LogP contribution in [0.3, 0.4) is 0 Å². The topological polar surface area (TPSA) is 63.9 Å². The maximum absolute atomic E-state index is 12.6. The van der Waals surface area contributed by atoms with Gasteiger partial charge < -0.3 is 9.64 Å². The van der Waals surface area contributed by atoms with Crippen molar-refractivity contribution in [3.63, 3.8) is 0 Å². The van der Waals surface area contributed by atoms with E-state index in [2.05, 4.69) is 4.99 Å². The lowest BCUT2D eigenvalue weighted by molar-refractivity contribution is 0.202. The second kappa shape index (κ2) is 6.67. The molecule has 0 unspecified atom stereocenters. The quantitative estimate of drug-likeness (QED) is 0.682. The van der Waals surface area contributed by atoms with E-state index in [1.165, 1.54) is 20.8 Å². The van der Waals surface area contributed by atoms with Crippen molar-refractivity contribution in [2.24, 2.45) is 4.99 Å². The molecule has 0 aliphatic heterocycles. The number of amides is 2. The van der Waals surface area contributed by atoms with Crippen LogP contribution in [0.15, 0.2) is 59.6 Å². The number of ether oxygens (including phenoxy) is 1. The van der Waals surface area contributed by atoms with E-state index in [1.807, 2.05) is 24.3 Å². The Hall–Kier alpha value is -2.93. The first-order valence-corrected chi connectivity index (χ1v) is 8.02. The molecule has 0 spiro atoms. The fourth-order valence-electron chi connectivity index (χ4n) is 2.04. The van der Waals surface area contributed by atoms with Gasteiger partial charge in [-0.2, -0.15) is 4.99 Å². The summed E-state index contributed by atoms with van der Waals surface area (Å²) in [5.41, 5.74) is 0.647. The first kappa shape index (κ1) is 15.9. The molecular formula is C17H15N3O3S. The summed E-state index contributed by atoms with van der Waals surface area (Å²) in [6, 6.07) is 15.7. The second-order valence-corrected chi connectivity index (χ2v) is 6.17. The van der Waals surface area contributed by atoms with Crippen LogP contribution in [0.2, 0.25) is 0 Å². The fourth-order valence-corrected chi connectivity index (χ4v) is 3.04. The largest absolute Gasteiger partial charge is 0.426 e. The van der Waals surface area contributed by atoms with Crippen molar-refractivity contribution in [1.82, 2.24) is 9.47 Å². The minimum absolute atomic E-state index is 0.274. The number of rotatable bonds is 1. The fraction of sp³-hybridized carbons (Fsp3) is 0.118. The van der Waals surface area contributed by atoms with Crippen LogP contribution in [0.25, 0.3) is 10.2 Å². The molecule has 0 radical (unpaired) electrons. The summed E-state index contributed by atoms with van der Waals surface area (Å²) in [7, 11) is 3.21. The lowest BCUT2D eigenvalue weighted by atomic mass is 10.3. The number of carbonyl (C=O) groups is 2. The Balaban J connectivity index is 2.11. The number of thiazole rings is 1. The van der Waals surface area contributed by atoms with Gasteiger partial charge >= 0.3 is 12.1 Å². The predicted molar refractivity (Wildman–Crippen MR) is 92.3 cm³/mol. The van der Waals surface area contributed by atoms with E-state index in [0.717, 1.165) is 4.70 Å². The van der Waals surface area contributed by atoms with Gasteiger partial charge in [-0.05, 0) is 24.3 Å². The van der Waals surface area contributed by atoms with Gasteiger partial charge in [0.15, 0.2) is 0 Å². The predicted octanol–water partition coefficient (Wildman–Crippen LogP) is 3.33. The lowest BCUT2D eigenvalue weighted by Gasteiger charge is -2.07. The summed E-state index contributed by atoms with van der Waals surface area (Å²) in [6.07, 6.45) is -0.607. The number of nitrogens with zero attached hydrogens (tertiary/aromatic N) is 3. The number of aromatic nitrogens is 1. The van der Waals surface area contributed by atoms with E-state index in [0.29, 0.717) is 11.3 Å². The highest BCUT2D eigenvalue weighted by Crippen LogP contribution is 2.18. The number of benzene rings is 2. The number of hydrogen-bond acceptors (Lipinski definition) is 4. The first-order valence-electron chi connectivity index (χ1n) is 7.20. The highest BCUT2D eigenvalue weighted by Gasteiger charge is 2.16. The molecule has 0 N–H and O–H groups in total. The molecule has 6 nitrogen and oxygen atoms in total. The SMILES string of the molecule is CN(C)C(=O)N=c1sc2ccccc2n1C(=O)Oc1ccccc1. The number of carbonyl (C=O) groups excluding carboxylic acids is 2. The zero-order chi connectivity index (χ0) is 17.1. The highest BCUT2D eigenvalue weighted by atomic mass is 32.1. The van der Waals surface area contributed by atoms with Crippen LogP contribution in [-0.2, 0) is 0 Å². The van der Waals surface area contributed by atoms with E-state index >= 15 is 0 Å². The van der Waals surface area contributed by atoms with Crippen molar-refractivity contribution in [1.29, 1.82) is 0 Å². The minimum Gasteiger partial charge on any atom is -0.410 e. The van der Waals surface area contributed by atoms with Gasteiger partial charge in [-0.3, -0.25) is 0 Å². The Kier molecular flexibility index (Phi) is 4.43. The molecule has 1 heterocycles. The van der Waals surface area contributed by atoms with Gasteiger partial charge in [-0.1, -0.05) is 41.7 Å². The number of fused-ring (bicyclic) bond motifs is 1. The normalized spacial score (nSPS) is 11.5. The van der Waals surface area contributed by atoms with Gasteiger partial charge in [-0.15, -0.1) is 0 Å². The summed E-state index contributed by atoms with van der Waals surface area (Å²) in [6.45, 7) is 0. The molecule has 122 valence electrons. The molecule has 3 aromatic rings. The first-order chi connectivity index (χ1) is 11.6. The number of urea groups is 1. The Bertz CT molecular complexity index is 958. The lowest BCUT2D eigenvalue weighted by Crippen LogP contribution is -2.29. The third-order valence-electron chi connectivity index (χ3n) is 3.20. The maximum Gasteiger partial charge on any atom is 0.426 e. The molecule has 0 atom stereocenters. The molecule has 2 amide bonds. The van der Waals surface area contributed by atoms with E-state index in [1.54, 1.807) is 44.4 Å². The molecule has 3 rings (SSSR count). The van der Waals surface area contributed by atoms with Crippen molar-refractivity contribution < 1.29 is 14.3 Å². The summed E-state index contributed by atoms with van der Waals surface area (Å²) in [5, 5.41) is 0. The number of hydrogen-bond donors (Lipinski definition) is 0. The molecule has 0 bridgehead atoms. The van der Waals surface area contributed by atoms with Crippen LogP contribution < -0.4 is 9.54 Å². The van der Waals surface area contributed by atoms with E-state index < -0.39 is 12.1 Å². The summed E-state index contributed by atoms with van der Waals surface area (Å²) >= 11 is 1.26. The smallest absolute Gasteiger partial charge is 0.410 e. The molecule has 24 heavy (non-hydrogen) atoms. The van der Waals surface area contributed by atoms with Crippen LogP contribution in [0.5, 0.6) is 5.75 Å². The number of para-hydroxylation sites is 2. The molecule has 0 aliphatic rings. The molecular weight excluding hydrogens is 326 g/mol. The molecule has 1 aromatic heterocycles. The zero-order valence-electron chi connectivity index (χ0n) is 13.2. The van der Waals surface area contributed by atoms with Crippen LogP contribution in [0, 0.1) is 0 Å². The summed E-state index contributed by atoms with van der Waals surface area (Å²) in [5.74, 6) is 0.426. The Labute approximate surface area is 142 Å².